The maximum Gasteiger partial charge on any atom is 0.254 e. The summed E-state index contributed by atoms with van der Waals surface area (Å²) >= 11 is 3.28. The largest absolute Gasteiger partial charge is 0.342 e. The van der Waals surface area contributed by atoms with E-state index in [-0.39, 0.29) is 11.9 Å². The number of aromatic nitrogens is 3. The summed E-state index contributed by atoms with van der Waals surface area (Å²) in [7, 11) is 0. The van der Waals surface area contributed by atoms with Gasteiger partial charge in [0.2, 0.25) is 0 Å². The highest BCUT2D eigenvalue weighted by Crippen LogP contribution is 2.26. The topological polar surface area (TPSA) is 67.8 Å². The Morgan fingerprint density at radius 1 is 1.30 bits per heavy atom. The Labute approximate surface area is 142 Å². The zero-order chi connectivity index (χ0) is 16.2. The average molecular weight is 344 g/mol. The Bertz CT molecular complexity index is 764. The predicted molar refractivity (Wildman–Crippen MR) is 91.9 cm³/mol. The number of hydrogen-bond acceptors (Lipinski definition) is 6. The van der Waals surface area contributed by atoms with Crippen molar-refractivity contribution in [2.75, 3.05) is 0 Å². The lowest BCUT2D eigenvalue weighted by Gasteiger charge is -2.16. The van der Waals surface area contributed by atoms with E-state index in [2.05, 4.69) is 31.7 Å². The SMILES string of the molecule is Cc1nc([C@H](Cc2ccsc2)NC(=O)c2cncnc2)sc1C. The fraction of sp³-hybridized carbons (Fsp3) is 0.250. The molecule has 3 heterocycles. The van der Waals surface area contributed by atoms with Gasteiger partial charge >= 0.3 is 0 Å². The van der Waals surface area contributed by atoms with E-state index in [9.17, 15) is 4.79 Å². The fourth-order valence-corrected chi connectivity index (χ4v) is 3.80. The van der Waals surface area contributed by atoms with Gasteiger partial charge in [0.1, 0.15) is 11.3 Å². The molecule has 1 atom stereocenters. The maximum absolute atomic E-state index is 12.4. The van der Waals surface area contributed by atoms with E-state index in [1.165, 1.54) is 29.2 Å². The molecule has 3 rings (SSSR count). The van der Waals surface area contributed by atoms with Crippen LogP contribution in [0.4, 0.5) is 0 Å². The lowest BCUT2D eigenvalue weighted by molar-refractivity contribution is 0.0935. The van der Waals surface area contributed by atoms with Crippen LogP contribution in [0.5, 0.6) is 0 Å². The molecule has 0 fully saturated rings. The third-order valence-electron chi connectivity index (χ3n) is 3.49. The number of carbonyl (C=O) groups is 1. The zero-order valence-corrected chi connectivity index (χ0v) is 14.4. The van der Waals surface area contributed by atoms with E-state index in [0.29, 0.717) is 5.56 Å². The molecule has 3 aromatic rings. The van der Waals surface area contributed by atoms with Crippen LogP contribution in [0.3, 0.4) is 0 Å². The molecular weight excluding hydrogens is 328 g/mol. The highest BCUT2D eigenvalue weighted by atomic mass is 32.1. The first-order valence-electron chi connectivity index (χ1n) is 7.14. The van der Waals surface area contributed by atoms with Gasteiger partial charge in [-0.15, -0.1) is 11.3 Å². The van der Waals surface area contributed by atoms with Crippen LogP contribution in [0, 0.1) is 13.8 Å². The first-order valence-corrected chi connectivity index (χ1v) is 8.90. The molecule has 3 aromatic heterocycles. The average Bonchev–Trinajstić information content (AvgIpc) is 3.18. The predicted octanol–water partition coefficient (Wildman–Crippen LogP) is 3.33. The quantitative estimate of drug-likeness (QED) is 0.771. The van der Waals surface area contributed by atoms with Crippen molar-refractivity contribution in [3.8, 4) is 0 Å². The highest BCUT2D eigenvalue weighted by Gasteiger charge is 2.20. The third kappa shape index (κ3) is 3.80. The number of nitrogens with one attached hydrogen (secondary N) is 1. The molecule has 0 saturated carbocycles. The van der Waals surface area contributed by atoms with Gasteiger partial charge in [0, 0.05) is 23.7 Å². The van der Waals surface area contributed by atoms with Gasteiger partial charge in [-0.2, -0.15) is 11.3 Å². The summed E-state index contributed by atoms with van der Waals surface area (Å²) in [5, 5.41) is 8.12. The lowest BCUT2D eigenvalue weighted by Crippen LogP contribution is -2.30. The van der Waals surface area contributed by atoms with Crippen LogP contribution in [-0.2, 0) is 6.42 Å². The van der Waals surface area contributed by atoms with Crippen molar-refractivity contribution in [2.45, 2.75) is 26.3 Å². The number of hydrogen-bond donors (Lipinski definition) is 1. The molecule has 5 nitrogen and oxygen atoms in total. The molecule has 7 heteroatoms. The van der Waals surface area contributed by atoms with Crippen LogP contribution >= 0.6 is 22.7 Å². The summed E-state index contributed by atoms with van der Waals surface area (Å²) in [6, 6.07) is 1.91. The number of nitrogens with zero attached hydrogens (tertiary/aromatic N) is 3. The van der Waals surface area contributed by atoms with Crippen LogP contribution in [0.1, 0.15) is 37.5 Å². The second-order valence-electron chi connectivity index (χ2n) is 5.18. The smallest absolute Gasteiger partial charge is 0.254 e. The minimum Gasteiger partial charge on any atom is -0.342 e. The number of aryl methyl sites for hydroxylation is 2. The van der Waals surface area contributed by atoms with E-state index in [0.717, 1.165) is 17.1 Å². The molecule has 0 spiro atoms. The Morgan fingerprint density at radius 2 is 2.09 bits per heavy atom. The van der Waals surface area contributed by atoms with Gasteiger partial charge in [0.25, 0.3) is 5.91 Å². The summed E-state index contributed by atoms with van der Waals surface area (Å²) in [5.41, 5.74) is 2.65. The number of carbonyl (C=O) groups excluding carboxylic acids is 1. The standard InChI is InChI=1S/C16H16N4OS2/c1-10-11(2)23-16(19-10)14(5-12-3-4-22-8-12)20-15(21)13-6-17-9-18-7-13/h3-4,6-9,14H,5H2,1-2H3,(H,20,21)/t14-/m0/s1. The van der Waals surface area contributed by atoms with Gasteiger partial charge in [-0.3, -0.25) is 4.79 Å². The molecule has 0 radical (unpaired) electrons. The minimum atomic E-state index is -0.184. The van der Waals surface area contributed by atoms with Crippen LogP contribution in [-0.4, -0.2) is 20.9 Å². The normalized spacial score (nSPS) is 12.1. The fourth-order valence-electron chi connectivity index (χ4n) is 2.15. The molecule has 1 amide bonds. The van der Waals surface area contributed by atoms with Crippen LogP contribution in [0.25, 0.3) is 0 Å². The molecule has 0 aliphatic heterocycles. The Balaban J connectivity index is 1.84. The van der Waals surface area contributed by atoms with Gasteiger partial charge in [0.05, 0.1) is 17.3 Å². The summed E-state index contributed by atoms with van der Waals surface area (Å²) in [4.78, 5) is 26.0. The van der Waals surface area contributed by atoms with E-state index < -0.39 is 0 Å². The van der Waals surface area contributed by atoms with Crippen LogP contribution in [0.15, 0.2) is 35.5 Å². The molecule has 0 aliphatic carbocycles. The van der Waals surface area contributed by atoms with Crippen molar-refractivity contribution in [1.29, 1.82) is 0 Å². The monoisotopic (exact) mass is 344 g/mol. The molecule has 0 bridgehead atoms. The zero-order valence-electron chi connectivity index (χ0n) is 12.8. The lowest BCUT2D eigenvalue weighted by atomic mass is 10.1. The third-order valence-corrected chi connectivity index (χ3v) is 5.41. The Hall–Kier alpha value is -2.12. The van der Waals surface area contributed by atoms with E-state index >= 15 is 0 Å². The summed E-state index contributed by atoms with van der Waals surface area (Å²) < 4.78 is 0. The first kappa shape index (κ1) is 15.8. The molecule has 0 saturated heterocycles. The summed E-state index contributed by atoms with van der Waals surface area (Å²) in [6.45, 7) is 4.04. The molecule has 1 N–H and O–H groups in total. The van der Waals surface area contributed by atoms with Crippen molar-refractivity contribution in [1.82, 2.24) is 20.3 Å². The van der Waals surface area contributed by atoms with E-state index in [4.69, 9.17) is 0 Å². The number of amides is 1. The molecule has 0 aliphatic rings. The van der Waals surface area contributed by atoms with Gasteiger partial charge < -0.3 is 5.32 Å². The maximum atomic E-state index is 12.4. The van der Waals surface area contributed by atoms with Gasteiger partial charge in [-0.05, 0) is 36.2 Å². The van der Waals surface area contributed by atoms with Crippen LogP contribution in [0.2, 0.25) is 0 Å². The van der Waals surface area contributed by atoms with Crippen LogP contribution < -0.4 is 5.32 Å². The van der Waals surface area contributed by atoms with E-state index in [1.54, 1.807) is 22.7 Å². The Kier molecular flexibility index (Phi) is 4.78. The number of thiazole rings is 1. The van der Waals surface area contributed by atoms with Crippen molar-refractivity contribution in [3.63, 3.8) is 0 Å². The molecule has 0 aromatic carbocycles. The molecule has 23 heavy (non-hydrogen) atoms. The number of thiophene rings is 1. The second kappa shape index (κ2) is 6.97. The number of rotatable bonds is 5. The van der Waals surface area contributed by atoms with E-state index in [1.807, 2.05) is 19.2 Å². The van der Waals surface area contributed by atoms with Gasteiger partial charge in [-0.1, -0.05) is 0 Å². The van der Waals surface area contributed by atoms with Crippen molar-refractivity contribution in [2.24, 2.45) is 0 Å². The molecular formula is C16H16N4OS2. The first-order chi connectivity index (χ1) is 11.1. The molecule has 0 unspecified atom stereocenters. The van der Waals surface area contributed by atoms with Crippen molar-refractivity contribution in [3.05, 3.63) is 62.3 Å². The van der Waals surface area contributed by atoms with Gasteiger partial charge in [0.15, 0.2) is 0 Å². The van der Waals surface area contributed by atoms with Crippen molar-refractivity contribution >= 4 is 28.6 Å². The highest BCUT2D eigenvalue weighted by molar-refractivity contribution is 7.11. The second-order valence-corrected chi connectivity index (χ2v) is 7.20. The summed E-state index contributed by atoms with van der Waals surface area (Å²) in [6.07, 6.45) is 5.16. The molecule has 118 valence electrons. The van der Waals surface area contributed by atoms with Crippen molar-refractivity contribution < 1.29 is 4.79 Å². The minimum absolute atomic E-state index is 0.158. The Morgan fingerprint density at radius 3 is 2.70 bits per heavy atom. The summed E-state index contributed by atoms with van der Waals surface area (Å²) in [5.74, 6) is -0.184. The van der Waals surface area contributed by atoms with Gasteiger partial charge in [-0.25, -0.2) is 15.0 Å².